The van der Waals surface area contributed by atoms with Crippen molar-refractivity contribution in [2.24, 2.45) is 5.92 Å². The van der Waals surface area contributed by atoms with Gasteiger partial charge < -0.3 is 10.2 Å². The van der Waals surface area contributed by atoms with Gasteiger partial charge in [-0.25, -0.2) is 0 Å². The molecule has 1 fully saturated rings. The second kappa shape index (κ2) is 9.18. The summed E-state index contributed by atoms with van der Waals surface area (Å²) in [5, 5.41) is 11.3. The average Bonchev–Trinajstić information content (AvgIpc) is 2.77. The molecule has 1 aliphatic rings. The minimum Gasteiger partial charge on any atom is -0.355 e. The summed E-state index contributed by atoms with van der Waals surface area (Å²) in [4.78, 5) is 14.6. The van der Waals surface area contributed by atoms with E-state index in [0.29, 0.717) is 11.6 Å². The molecule has 0 spiro atoms. The molecule has 1 saturated heterocycles. The Bertz CT molecular complexity index is 937. The molecule has 0 atom stereocenters. The van der Waals surface area contributed by atoms with E-state index in [1.807, 2.05) is 30.3 Å². The van der Waals surface area contributed by atoms with Crippen LogP contribution >= 0.6 is 15.9 Å². The molecule has 1 N–H and O–H groups in total. The summed E-state index contributed by atoms with van der Waals surface area (Å²) in [5.41, 5.74) is 2.45. The molecule has 0 radical (unpaired) electrons. The van der Waals surface area contributed by atoms with Crippen LogP contribution in [0.4, 0.5) is 11.5 Å². The first-order valence-electron chi connectivity index (χ1n) is 9.87. The van der Waals surface area contributed by atoms with E-state index >= 15 is 0 Å². The third-order valence-electron chi connectivity index (χ3n) is 5.29. The molecule has 29 heavy (non-hydrogen) atoms. The standard InChI is InChI=1S/C23H23BrN4O/c24-19-6-8-20(9-7-19)25-23(29)21-10-11-22(27-26-21)28-14-12-18(13-15-28)16-17-4-2-1-3-5-17/h1-11,18H,12-16H2,(H,25,29). The van der Waals surface area contributed by atoms with Gasteiger partial charge in [0.2, 0.25) is 0 Å². The molecule has 3 aromatic rings. The summed E-state index contributed by atoms with van der Waals surface area (Å²) in [6.45, 7) is 1.94. The first kappa shape index (κ1) is 19.6. The van der Waals surface area contributed by atoms with Gasteiger partial charge in [-0.3, -0.25) is 4.79 Å². The van der Waals surface area contributed by atoms with Gasteiger partial charge in [-0.05, 0) is 67.1 Å². The van der Waals surface area contributed by atoms with E-state index in [4.69, 9.17) is 0 Å². The normalized spacial score (nSPS) is 14.6. The van der Waals surface area contributed by atoms with E-state index in [9.17, 15) is 4.79 Å². The zero-order valence-electron chi connectivity index (χ0n) is 16.1. The number of aromatic nitrogens is 2. The Kier molecular flexibility index (Phi) is 6.20. The number of amides is 1. The predicted octanol–water partition coefficient (Wildman–Crippen LogP) is 4.95. The number of nitrogens with one attached hydrogen (secondary N) is 1. The lowest BCUT2D eigenvalue weighted by molar-refractivity contribution is 0.102. The first-order valence-corrected chi connectivity index (χ1v) is 10.7. The summed E-state index contributed by atoms with van der Waals surface area (Å²) in [6.07, 6.45) is 3.42. The third-order valence-corrected chi connectivity index (χ3v) is 5.82. The lowest BCUT2D eigenvalue weighted by Crippen LogP contribution is -2.35. The average molecular weight is 451 g/mol. The highest BCUT2D eigenvalue weighted by molar-refractivity contribution is 9.10. The smallest absolute Gasteiger partial charge is 0.276 e. The molecule has 1 aliphatic heterocycles. The topological polar surface area (TPSA) is 58.1 Å². The SMILES string of the molecule is O=C(Nc1ccc(Br)cc1)c1ccc(N2CCC(Cc3ccccc3)CC2)nn1. The molecule has 2 aromatic carbocycles. The van der Waals surface area contributed by atoms with Crippen molar-refractivity contribution >= 4 is 33.3 Å². The van der Waals surface area contributed by atoms with Gasteiger partial charge in [0.15, 0.2) is 11.5 Å². The number of rotatable bonds is 5. The summed E-state index contributed by atoms with van der Waals surface area (Å²) in [6, 6.07) is 21.8. The van der Waals surface area contributed by atoms with Crippen LogP contribution in [0.2, 0.25) is 0 Å². The monoisotopic (exact) mass is 450 g/mol. The highest BCUT2D eigenvalue weighted by atomic mass is 79.9. The van der Waals surface area contributed by atoms with Crippen molar-refractivity contribution in [3.8, 4) is 0 Å². The fraction of sp³-hybridized carbons (Fsp3) is 0.261. The van der Waals surface area contributed by atoms with Crippen LogP contribution in [0.25, 0.3) is 0 Å². The second-order valence-corrected chi connectivity index (χ2v) is 8.27. The molecule has 4 rings (SSSR count). The van der Waals surface area contributed by atoms with Crippen molar-refractivity contribution in [3.05, 3.63) is 82.5 Å². The Morgan fingerprint density at radius 3 is 2.34 bits per heavy atom. The van der Waals surface area contributed by atoms with Gasteiger partial charge in [0.25, 0.3) is 5.91 Å². The quantitative estimate of drug-likeness (QED) is 0.597. The number of benzene rings is 2. The minimum atomic E-state index is -0.257. The minimum absolute atomic E-state index is 0.257. The van der Waals surface area contributed by atoms with E-state index in [-0.39, 0.29) is 5.91 Å². The zero-order chi connectivity index (χ0) is 20.1. The Labute approximate surface area is 179 Å². The van der Waals surface area contributed by atoms with Crippen molar-refractivity contribution in [1.82, 2.24) is 10.2 Å². The highest BCUT2D eigenvalue weighted by Crippen LogP contribution is 2.24. The zero-order valence-corrected chi connectivity index (χ0v) is 17.7. The maximum Gasteiger partial charge on any atom is 0.276 e. The Morgan fingerprint density at radius 2 is 1.69 bits per heavy atom. The van der Waals surface area contributed by atoms with Gasteiger partial charge in [0.1, 0.15) is 0 Å². The van der Waals surface area contributed by atoms with Crippen LogP contribution in [0.5, 0.6) is 0 Å². The Hall–Kier alpha value is -2.73. The summed E-state index contributed by atoms with van der Waals surface area (Å²) >= 11 is 3.38. The van der Waals surface area contributed by atoms with E-state index in [1.54, 1.807) is 6.07 Å². The Morgan fingerprint density at radius 1 is 0.966 bits per heavy atom. The maximum atomic E-state index is 12.4. The fourth-order valence-electron chi connectivity index (χ4n) is 3.66. The molecule has 0 bridgehead atoms. The van der Waals surface area contributed by atoms with Gasteiger partial charge in [-0.1, -0.05) is 46.3 Å². The molecule has 1 amide bonds. The number of nitrogens with zero attached hydrogens (tertiary/aromatic N) is 3. The molecule has 1 aromatic heterocycles. The van der Waals surface area contributed by atoms with Crippen LogP contribution in [0.15, 0.2) is 71.2 Å². The molecule has 6 heteroatoms. The van der Waals surface area contributed by atoms with Crippen LogP contribution in [0.3, 0.4) is 0 Å². The first-order chi connectivity index (χ1) is 14.2. The lowest BCUT2D eigenvalue weighted by Gasteiger charge is -2.32. The lowest BCUT2D eigenvalue weighted by atomic mass is 9.90. The summed E-state index contributed by atoms with van der Waals surface area (Å²) < 4.78 is 0.965. The third kappa shape index (κ3) is 5.21. The van der Waals surface area contributed by atoms with Gasteiger partial charge in [0, 0.05) is 23.2 Å². The summed E-state index contributed by atoms with van der Waals surface area (Å²) in [7, 11) is 0. The van der Waals surface area contributed by atoms with Crippen LogP contribution in [-0.4, -0.2) is 29.2 Å². The molecular formula is C23H23BrN4O. The van der Waals surface area contributed by atoms with Gasteiger partial charge >= 0.3 is 0 Å². The summed E-state index contributed by atoms with van der Waals surface area (Å²) in [5.74, 6) is 1.29. The predicted molar refractivity (Wildman–Crippen MR) is 119 cm³/mol. The van der Waals surface area contributed by atoms with Crippen molar-refractivity contribution in [2.45, 2.75) is 19.3 Å². The van der Waals surface area contributed by atoms with Crippen molar-refractivity contribution < 1.29 is 4.79 Å². The van der Waals surface area contributed by atoms with Crippen LogP contribution in [0, 0.1) is 5.92 Å². The molecule has 148 valence electrons. The number of halogens is 1. The van der Waals surface area contributed by atoms with Crippen LogP contribution in [0.1, 0.15) is 28.9 Å². The maximum absolute atomic E-state index is 12.4. The molecule has 0 unspecified atom stereocenters. The molecular weight excluding hydrogens is 428 g/mol. The van der Waals surface area contributed by atoms with Crippen molar-refractivity contribution in [2.75, 3.05) is 23.3 Å². The molecule has 5 nitrogen and oxygen atoms in total. The van der Waals surface area contributed by atoms with Crippen molar-refractivity contribution in [1.29, 1.82) is 0 Å². The van der Waals surface area contributed by atoms with Gasteiger partial charge in [-0.15, -0.1) is 10.2 Å². The van der Waals surface area contributed by atoms with Crippen LogP contribution < -0.4 is 10.2 Å². The number of anilines is 2. The van der Waals surface area contributed by atoms with Crippen LogP contribution in [-0.2, 0) is 6.42 Å². The number of carbonyl (C=O) groups is 1. The van der Waals surface area contributed by atoms with Gasteiger partial charge in [0.05, 0.1) is 0 Å². The highest BCUT2D eigenvalue weighted by Gasteiger charge is 2.21. The van der Waals surface area contributed by atoms with Crippen molar-refractivity contribution in [3.63, 3.8) is 0 Å². The fourth-order valence-corrected chi connectivity index (χ4v) is 3.92. The molecule has 0 saturated carbocycles. The number of hydrogen-bond acceptors (Lipinski definition) is 4. The van der Waals surface area contributed by atoms with E-state index in [2.05, 4.69) is 66.7 Å². The van der Waals surface area contributed by atoms with Gasteiger partial charge in [-0.2, -0.15) is 0 Å². The van der Waals surface area contributed by atoms with E-state index in [1.165, 1.54) is 5.56 Å². The molecule has 2 heterocycles. The van der Waals surface area contributed by atoms with E-state index < -0.39 is 0 Å². The number of piperidine rings is 1. The largest absolute Gasteiger partial charge is 0.355 e. The number of carbonyl (C=O) groups excluding carboxylic acids is 1. The van der Waals surface area contributed by atoms with E-state index in [0.717, 1.165) is 48.3 Å². The second-order valence-electron chi connectivity index (χ2n) is 7.36. The molecule has 0 aliphatic carbocycles. The Balaban J connectivity index is 1.31. The number of hydrogen-bond donors (Lipinski definition) is 1.